The molecule has 2 unspecified atom stereocenters. The molecule has 2 atom stereocenters. The Bertz CT molecular complexity index is 396. The van der Waals surface area contributed by atoms with E-state index in [0.717, 1.165) is 31.5 Å². The topological polar surface area (TPSA) is 12.0 Å². The van der Waals surface area contributed by atoms with Crippen LogP contribution in [0.3, 0.4) is 0 Å². The molecule has 1 aliphatic heterocycles. The van der Waals surface area contributed by atoms with Crippen LogP contribution >= 0.6 is 0 Å². The van der Waals surface area contributed by atoms with Crippen LogP contribution in [0, 0.1) is 0 Å². The van der Waals surface area contributed by atoms with Crippen molar-refractivity contribution in [1.29, 1.82) is 0 Å². The average molecular weight is 261 g/mol. The molecule has 18 heavy (non-hydrogen) atoms. The maximum atomic E-state index is 14.2. The highest BCUT2D eigenvalue weighted by atomic mass is 19.4. The summed E-state index contributed by atoms with van der Waals surface area (Å²) >= 11 is 0. The van der Waals surface area contributed by atoms with E-state index >= 15 is 0 Å². The Morgan fingerprint density at radius 2 is 2.00 bits per heavy atom. The molecule has 1 aromatic carbocycles. The van der Waals surface area contributed by atoms with Crippen LogP contribution in [-0.4, -0.2) is 12.6 Å². The first kappa shape index (κ1) is 13.3. The quantitative estimate of drug-likeness (QED) is 0.797. The third-order valence-corrected chi connectivity index (χ3v) is 3.23. The lowest BCUT2D eigenvalue weighted by Gasteiger charge is -2.27. The fourth-order valence-corrected chi connectivity index (χ4v) is 2.25. The molecule has 1 aliphatic rings. The van der Waals surface area contributed by atoms with Crippen molar-refractivity contribution >= 4 is 0 Å². The molecule has 100 valence electrons. The lowest BCUT2D eigenvalue weighted by Crippen LogP contribution is -2.37. The number of halogens is 4. The SMILES string of the molecule is FC(c1cccc(C(F)(F)F)c1)C1CCCCN1. The predicted octanol–water partition coefficient (Wildman–Crippen LogP) is 3.86. The van der Waals surface area contributed by atoms with Gasteiger partial charge in [0, 0.05) is 6.04 Å². The van der Waals surface area contributed by atoms with Crippen LogP contribution in [0.4, 0.5) is 17.6 Å². The van der Waals surface area contributed by atoms with E-state index in [-0.39, 0.29) is 11.6 Å². The molecule has 1 nitrogen and oxygen atoms in total. The Labute approximate surface area is 103 Å². The normalized spacial score (nSPS) is 22.8. The number of benzene rings is 1. The van der Waals surface area contributed by atoms with E-state index in [2.05, 4.69) is 5.32 Å². The molecule has 0 saturated carbocycles. The first-order chi connectivity index (χ1) is 8.48. The van der Waals surface area contributed by atoms with E-state index in [4.69, 9.17) is 0 Å². The van der Waals surface area contributed by atoms with Gasteiger partial charge in [-0.05, 0) is 37.1 Å². The van der Waals surface area contributed by atoms with Gasteiger partial charge in [-0.1, -0.05) is 18.6 Å². The number of nitrogens with one attached hydrogen (secondary N) is 1. The van der Waals surface area contributed by atoms with Crippen molar-refractivity contribution in [3.63, 3.8) is 0 Å². The second-order valence-electron chi connectivity index (χ2n) is 4.58. The van der Waals surface area contributed by atoms with Gasteiger partial charge in [0.25, 0.3) is 0 Å². The molecule has 1 heterocycles. The number of alkyl halides is 4. The molecule has 0 radical (unpaired) electrons. The van der Waals surface area contributed by atoms with Gasteiger partial charge in [-0.3, -0.25) is 0 Å². The van der Waals surface area contributed by atoms with E-state index in [1.54, 1.807) is 0 Å². The number of piperidine rings is 1. The highest BCUT2D eigenvalue weighted by molar-refractivity contribution is 5.28. The minimum absolute atomic E-state index is 0.101. The van der Waals surface area contributed by atoms with Crippen LogP contribution in [0.15, 0.2) is 24.3 Å². The number of rotatable bonds is 2. The fraction of sp³-hybridized carbons (Fsp3) is 0.538. The molecule has 0 spiro atoms. The molecular formula is C13H15F4N. The standard InChI is InChI=1S/C13H15F4N/c14-12(11-6-1-2-7-18-11)9-4-3-5-10(8-9)13(15,16)17/h3-5,8,11-12,18H,1-2,6-7H2. The van der Waals surface area contributed by atoms with Crippen molar-refractivity contribution in [2.75, 3.05) is 6.54 Å². The van der Waals surface area contributed by atoms with Gasteiger partial charge in [0.15, 0.2) is 0 Å². The molecule has 0 bridgehead atoms. The van der Waals surface area contributed by atoms with Crippen molar-refractivity contribution in [3.8, 4) is 0 Å². The van der Waals surface area contributed by atoms with E-state index in [0.29, 0.717) is 6.42 Å². The van der Waals surface area contributed by atoms with Crippen LogP contribution in [0.5, 0.6) is 0 Å². The molecule has 1 saturated heterocycles. The van der Waals surface area contributed by atoms with Crippen molar-refractivity contribution in [2.45, 2.75) is 37.7 Å². The van der Waals surface area contributed by atoms with E-state index in [1.807, 2.05) is 0 Å². The third-order valence-electron chi connectivity index (χ3n) is 3.23. The fourth-order valence-electron chi connectivity index (χ4n) is 2.25. The van der Waals surface area contributed by atoms with Crippen molar-refractivity contribution in [1.82, 2.24) is 5.32 Å². The van der Waals surface area contributed by atoms with Gasteiger partial charge in [0.2, 0.25) is 0 Å². The van der Waals surface area contributed by atoms with E-state index in [9.17, 15) is 17.6 Å². The highest BCUT2D eigenvalue weighted by Crippen LogP contribution is 2.33. The van der Waals surface area contributed by atoms with Gasteiger partial charge in [0.1, 0.15) is 6.17 Å². The summed E-state index contributed by atoms with van der Waals surface area (Å²) in [6.07, 6.45) is -3.23. The number of hydrogen-bond acceptors (Lipinski definition) is 1. The van der Waals surface area contributed by atoms with Gasteiger partial charge >= 0.3 is 6.18 Å². The average Bonchev–Trinajstić information content (AvgIpc) is 2.38. The van der Waals surface area contributed by atoms with Gasteiger partial charge in [-0.2, -0.15) is 13.2 Å². The summed E-state index contributed by atoms with van der Waals surface area (Å²) in [6.45, 7) is 0.726. The number of hydrogen-bond donors (Lipinski definition) is 1. The zero-order valence-corrected chi connectivity index (χ0v) is 9.80. The Balaban J connectivity index is 2.17. The molecule has 1 N–H and O–H groups in total. The molecule has 0 aliphatic carbocycles. The monoisotopic (exact) mass is 261 g/mol. The summed E-state index contributed by atoms with van der Waals surface area (Å²) in [7, 11) is 0. The summed E-state index contributed by atoms with van der Waals surface area (Å²) in [6, 6.07) is 4.16. The molecule has 0 amide bonds. The molecule has 0 aromatic heterocycles. The summed E-state index contributed by atoms with van der Waals surface area (Å²) in [5.74, 6) is 0. The summed E-state index contributed by atoms with van der Waals surface area (Å²) in [5.41, 5.74) is -0.692. The summed E-state index contributed by atoms with van der Waals surface area (Å²) in [5, 5.41) is 3.02. The molecule has 1 fully saturated rings. The first-order valence-corrected chi connectivity index (χ1v) is 6.03. The first-order valence-electron chi connectivity index (χ1n) is 6.03. The van der Waals surface area contributed by atoms with Gasteiger partial charge in [-0.15, -0.1) is 0 Å². The lowest BCUT2D eigenvalue weighted by molar-refractivity contribution is -0.137. The van der Waals surface area contributed by atoms with Crippen LogP contribution < -0.4 is 5.32 Å². The maximum absolute atomic E-state index is 14.2. The smallest absolute Gasteiger partial charge is 0.311 e. The Morgan fingerprint density at radius 3 is 2.61 bits per heavy atom. The lowest BCUT2D eigenvalue weighted by atomic mass is 9.95. The van der Waals surface area contributed by atoms with Gasteiger partial charge < -0.3 is 5.32 Å². The Kier molecular flexibility index (Phi) is 3.90. The Hall–Kier alpha value is -1.10. The van der Waals surface area contributed by atoms with Crippen LogP contribution in [0.1, 0.15) is 36.6 Å². The second-order valence-corrected chi connectivity index (χ2v) is 4.58. The van der Waals surface area contributed by atoms with Crippen LogP contribution in [-0.2, 0) is 6.18 Å². The van der Waals surface area contributed by atoms with Crippen LogP contribution in [0.25, 0.3) is 0 Å². The third kappa shape index (κ3) is 3.02. The molecule has 2 rings (SSSR count). The van der Waals surface area contributed by atoms with Gasteiger partial charge in [0.05, 0.1) is 5.56 Å². The maximum Gasteiger partial charge on any atom is 0.416 e. The Morgan fingerprint density at radius 1 is 1.22 bits per heavy atom. The minimum atomic E-state index is -4.42. The highest BCUT2D eigenvalue weighted by Gasteiger charge is 2.32. The second kappa shape index (κ2) is 5.26. The summed E-state index contributed by atoms with van der Waals surface area (Å²) in [4.78, 5) is 0. The van der Waals surface area contributed by atoms with Crippen LogP contribution in [0.2, 0.25) is 0 Å². The zero-order chi connectivity index (χ0) is 13.2. The summed E-state index contributed by atoms with van der Waals surface area (Å²) < 4.78 is 51.8. The van der Waals surface area contributed by atoms with E-state index in [1.165, 1.54) is 12.1 Å². The van der Waals surface area contributed by atoms with Crippen molar-refractivity contribution in [3.05, 3.63) is 35.4 Å². The van der Waals surface area contributed by atoms with Crippen molar-refractivity contribution < 1.29 is 17.6 Å². The molecule has 5 heteroatoms. The van der Waals surface area contributed by atoms with E-state index < -0.39 is 17.9 Å². The molecule has 1 aromatic rings. The zero-order valence-electron chi connectivity index (χ0n) is 9.80. The van der Waals surface area contributed by atoms with Gasteiger partial charge in [-0.25, -0.2) is 4.39 Å². The van der Waals surface area contributed by atoms with Crippen molar-refractivity contribution in [2.24, 2.45) is 0 Å². The minimum Gasteiger partial charge on any atom is -0.311 e. The largest absolute Gasteiger partial charge is 0.416 e. The predicted molar refractivity (Wildman–Crippen MR) is 60.9 cm³/mol. The molecular weight excluding hydrogens is 246 g/mol.